The zero-order chi connectivity index (χ0) is 26.0. The van der Waals surface area contributed by atoms with E-state index in [4.69, 9.17) is 10.5 Å². The largest absolute Gasteiger partial charge is 0.453 e. The van der Waals surface area contributed by atoms with E-state index in [1.54, 1.807) is 0 Å². The number of hydrogen-bond donors (Lipinski definition) is 3. The van der Waals surface area contributed by atoms with Gasteiger partial charge in [-0.3, -0.25) is 4.79 Å². The summed E-state index contributed by atoms with van der Waals surface area (Å²) in [5, 5.41) is 2.69. The second-order valence-corrected chi connectivity index (χ2v) is 9.83. The Bertz CT molecular complexity index is 1270. The minimum absolute atomic E-state index is 0.0730. The fourth-order valence-electron chi connectivity index (χ4n) is 4.97. The van der Waals surface area contributed by atoms with Crippen molar-refractivity contribution in [1.29, 1.82) is 0 Å². The molecule has 190 valence electrons. The van der Waals surface area contributed by atoms with E-state index in [1.807, 2.05) is 37.1 Å². The zero-order valence-electron chi connectivity index (χ0n) is 21.6. The number of nitrogen functional groups attached to an aromatic ring is 1. The first-order chi connectivity index (χ1) is 17.2. The lowest BCUT2D eigenvalue weighted by atomic mass is 9.94. The van der Waals surface area contributed by atoms with Crippen molar-refractivity contribution in [2.45, 2.75) is 52.6 Å². The number of aryl methyl sites for hydroxylation is 2. The number of anilines is 1. The predicted octanol–water partition coefficient (Wildman–Crippen LogP) is 4.99. The smallest absolute Gasteiger partial charge is 0.407 e. The number of nitrogens with zero attached hydrogens (tertiary/aromatic N) is 2. The molecule has 4 N–H and O–H groups in total. The van der Waals surface area contributed by atoms with Crippen molar-refractivity contribution in [3.8, 4) is 22.4 Å². The molecule has 0 saturated carbocycles. The maximum atomic E-state index is 13.4. The number of hydrogen-bond acceptors (Lipinski definition) is 5. The maximum absolute atomic E-state index is 13.4. The summed E-state index contributed by atoms with van der Waals surface area (Å²) in [4.78, 5) is 35.1. The van der Waals surface area contributed by atoms with Crippen LogP contribution >= 0.6 is 0 Å². The Kier molecular flexibility index (Phi) is 7.33. The number of H-pyrrole nitrogens is 1. The monoisotopic (exact) mass is 489 g/mol. The molecule has 2 atom stereocenters. The summed E-state index contributed by atoms with van der Waals surface area (Å²) in [6.45, 7) is 8.61. The molecule has 1 aliphatic rings. The summed E-state index contributed by atoms with van der Waals surface area (Å²) in [7, 11) is 1.30. The van der Waals surface area contributed by atoms with Crippen LogP contribution in [0.25, 0.3) is 22.4 Å². The Morgan fingerprint density at radius 3 is 2.47 bits per heavy atom. The molecular formula is C28H35N5O3. The van der Waals surface area contributed by atoms with Crippen LogP contribution in [-0.4, -0.2) is 46.6 Å². The minimum atomic E-state index is -0.653. The fourth-order valence-corrected chi connectivity index (χ4v) is 4.97. The van der Waals surface area contributed by atoms with Gasteiger partial charge in [-0.05, 0) is 78.6 Å². The zero-order valence-corrected chi connectivity index (χ0v) is 21.6. The van der Waals surface area contributed by atoms with Crippen LogP contribution in [-0.2, 0) is 9.53 Å². The number of amides is 2. The van der Waals surface area contributed by atoms with Crippen LogP contribution in [0.1, 0.15) is 49.7 Å². The lowest BCUT2D eigenvalue weighted by molar-refractivity contribution is -0.135. The molecule has 8 nitrogen and oxygen atoms in total. The standard InChI is InChI=1S/C28H35N5O3/c1-16(2)25(32-28(35)36-5)27(34)33-12-6-7-24(33)26-30-15-23(31-26)19-8-10-21(17(3)13-19)22-11-9-20(29)14-18(22)4/h8-11,13-16,24-25H,6-7,12,29H2,1-5H3,(H,30,31)(H,32,35)/t24?,25-/m0/s1. The molecule has 1 unspecified atom stereocenters. The van der Waals surface area contributed by atoms with Crippen molar-refractivity contribution in [2.24, 2.45) is 5.92 Å². The van der Waals surface area contributed by atoms with Gasteiger partial charge in [-0.15, -0.1) is 0 Å². The first-order valence-electron chi connectivity index (χ1n) is 12.4. The number of alkyl carbamates (subject to hydrolysis) is 1. The number of aromatic amines is 1. The van der Waals surface area contributed by atoms with Gasteiger partial charge in [-0.2, -0.15) is 0 Å². The van der Waals surface area contributed by atoms with E-state index >= 15 is 0 Å². The van der Waals surface area contributed by atoms with Gasteiger partial charge in [0, 0.05) is 12.2 Å². The van der Waals surface area contributed by atoms with Crippen molar-refractivity contribution in [2.75, 3.05) is 19.4 Å². The molecule has 0 bridgehead atoms. The Hall–Kier alpha value is -3.81. The number of nitrogens with two attached hydrogens (primary N) is 1. The summed E-state index contributed by atoms with van der Waals surface area (Å²) in [5.41, 5.74) is 13.3. The summed E-state index contributed by atoms with van der Waals surface area (Å²) < 4.78 is 4.72. The molecule has 1 saturated heterocycles. The van der Waals surface area contributed by atoms with Gasteiger partial charge in [0.25, 0.3) is 0 Å². The summed E-state index contributed by atoms with van der Waals surface area (Å²) in [6.07, 6.45) is 2.91. The van der Waals surface area contributed by atoms with Gasteiger partial charge in [0.2, 0.25) is 5.91 Å². The van der Waals surface area contributed by atoms with Crippen molar-refractivity contribution >= 4 is 17.7 Å². The molecule has 1 aliphatic heterocycles. The van der Waals surface area contributed by atoms with E-state index in [0.717, 1.165) is 46.7 Å². The van der Waals surface area contributed by atoms with E-state index < -0.39 is 12.1 Å². The average Bonchev–Trinajstić information content (AvgIpc) is 3.52. The molecule has 0 spiro atoms. The average molecular weight is 490 g/mol. The van der Waals surface area contributed by atoms with Crippen molar-refractivity contribution in [1.82, 2.24) is 20.2 Å². The van der Waals surface area contributed by atoms with E-state index in [2.05, 4.69) is 53.4 Å². The molecule has 0 aliphatic carbocycles. The number of methoxy groups -OCH3 is 1. The highest BCUT2D eigenvalue weighted by Crippen LogP contribution is 2.34. The van der Waals surface area contributed by atoms with Crippen molar-refractivity contribution in [3.05, 3.63) is 59.5 Å². The normalized spacial score (nSPS) is 16.3. The number of carbonyl (C=O) groups excluding carboxylic acids is 2. The van der Waals surface area contributed by atoms with Crippen LogP contribution in [0.15, 0.2) is 42.6 Å². The van der Waals surface area contributed by atoms with Crippen LogP contribution < -0.4 is 11.1 Å². The summed E-state index contributed by atoms with van der Waals surface area (Å²) in [5.74, 6) is 0.568. The van der Waals surface area contributed by atoms with Crippen molar-refractivity contribution in [3.63, 3.8) is 0 Å². The van der Waals surface area contributed by atoms with E-state index in [0.29, 0.717) is 6.54 Å². The molecule has 4 rings (SSSR count). The first-order valence-corrected chi connectivity index (χ1v) is 12.4. The predicted molar refractivity (Wildman–Crippen MR) is 141 cm³/mol. The quantitative estimate of drug-likeness (QED) is 0.422. The Morgan fingerprint density at radius 2 is 1.83 bits per heavy atom. The number of benzene rings is 2. The first kappa shape index (κ1) is 25.3. The molecule has 36 heavy (non-hydrogen) atoms. The van der Waals surface area contributed by atoms with Gasteiger partial charge >= 0.3 is 6.09 Å². The van der Waals surface area contributed by atoms with Gasteiger partial charge in [0.1, 0.15) is 11.9 Å². The van der Waals surface area contributed by atoms with Crippen molar-refractivity contribution < 1.29 is 14.3 Å². The number of nitrogens with one attached hydrogen (secondary N) is 2. The lowest BCUT2D eigenvalue weighted by Crippen LogP contribution is -2.51. The number of aromatic nitrogens is 2. The van der Waals surface area contributed by atoms with Crippen LogP contribution in [0.5, 0.6) is 0 Å². The molecule has 2 amide bonds. The van der Waals surface area contributed by atoms with Gasteiger partial charge in [0.15, 0.2) is 0 Å². The van der Waals surface area contributed by atoms with E-state index in [1.165, 1.54) is 18.2 Å². The molecule has 0 radical (unpaired) electrons. The second-order valence-electron chi connectivity index (χ2n) is 9.83. The fraction of sp³-hybridized carbons (Fsp3) is 0.393. The third-order valence-corrected chi connectivity index (χ3v) is 6.92. The van der Waals surface area contributed by atoms with Crippen LogP contribution in [0, 0.1) is 19.8 Å². The van der Waals surface area contributed by atoms with E-state index in [-0.39, 0.29) is 17.9 Å². The molecular weight excluding hydrogens is 454 g/mol. The molecule has 8 heteroatoms. The Balaban J connectivity index is 1.56. The highest BCUT2D eigenvalue weighted by atomic mass is 16.5. The van der Waals surface area contributed by atoms with Gasteiger partial charge in [0.05, 0.1) is 25.0 Å². The highest BCUT2D eigenvalue weighted by Gasteiger charge is 2.37. The van der Waals surface area contributed by atoms with Gasteiger partial charge in [-0.25, -0.2) is 9.78 Å². The second kappa shape index (κ2) is 10.4. The third kappa shape index (κ3) is 5.08. The number of imidazole rings is 1. The van der Waals surface area contributed by atoms with Crippen LogP contribution in [0.2, 0.25) is 0 Å². The Labute approximate surface area is 212 Å². The number of likely N-dealkylation sites (tertiary alicyclic amines) is 1. The number of ether oxygens (including phenoxy) is 1. The SMILES string of the molecule is COC(=O)N[C@H](C(=O)N1CCCC1c1ncc(-c2ccc(-c3ccc(N)cc3C)c(C)c2)[nH]1)C(C)C. The molecule has 1 aromatic heterocycles. The molecule has 2 aromatic carbocycles. The van der Waals surface area contributed by atoms with Crippen LogP contribution in [0.3, 0.4) is 0 Å². The third-order valence-electron chi connectivity index (χ3n) is 6.92. The van der Waals surface area contributed by atoms with Crippen LogP contribution in [0.4, 0.5) is 10.5 Å². The van der Waals surface area contributed by atoms with Gasteiger partial charge < -0.3 is 25.7 Å². The summed E-state index contributed by atoms with van der Waals surface area (Å²) >= 11 is 0. The number of rotatable bonds is 6. The minimum Gasteiger partial charge on any atom is -0.453 e. The lowest BCUT2D eigenvalue weighted by Gasteiger charge is -2.30. The Morgan fingerprint density at radius 1 is 1.14 bits per heavy atom. The maximum Gasteiger partial charge on any atom is 0.407 e. The van der Waals surface area contributed by atoms with E-state index in [9.17, 15) is 9.59 Å². The molecule has 3 aromatic rings. The molecule has 2 heterocycles. The topological polar surface area (TPSA) is 113 Å². The summed E-state index contributed by atoms with van der Waals surface area (Å²) in [6, 6.07) is 11.5. The number of carbonyl (C=O) groups is 2. The van der Waals surface area contributed by atoms with Gasteiger partial charge in [-0.1, -0.05) is 32.0 Å². The molecule has 1 fully saturated rings. The highest BCUT2D eigenvalue weighted by molar-refractivity contribution is 5.86.